The molecule has 3 heteroatoms. The molecule has 2 rings (SSSR count). The van der Waals surface area contributed by atoms with Gasteiger partial charge in [-0.25, -0.2) is 0 Å². The number of carbonyl (C=O) groups is 1. The Hall–Kier alpha value is -1.77. The molecule has 0 saturated heterocycles. The molecule has 1 aliphatic rings. The SMILES string of the molecule is C=CCNC(=O)c1ccc(NC(C)C2(C)CC2)cc1. The molecule has 3 nitrogen and oxygen atoms in total. The van der Waals surface area contributed by atoms with Gasteiger partial charge in [-0.05, 0) is 49.4 Å². The first-order valence-corrected chi connectivity index (χ1v) is 6.81. The molecule has 1 saturated carbocycles. The molecule has 1 unspecified atom stereocenters. The lowest BCUT2D eigenvalue weighted by atomic mass is 10.0. The van der Waals surface area contributed by atoms with E-state index in [1.807, 2.05) is 24.3 Å². The first kappa shape index (κ1) is 13.7. The predicted octanol–water partition coefficient (Wildman–Crippen LogP) is 3.20. The Kier molecular flexibility index (Phi) is 3.93. The maximum atomic E-state index is 11.7. The minimum atomic E-state index is -0.0614. The van der Waals surface area contributed by atoms with Crippen LogP contribution in [0.3, 0.4) is 0 Å². The van der Waals surface area contributed by atoms with E-state index in [1.54, 1.807) is 6.08 Å². The molecular formula is C16H22N2O. The molecule has 0 radical (unpaired) electrons. The monoisotopic (exact) mass is 258 g/mol. The Morgan fingerprint density at radius 3 is 2.58 bits per heavy atom. The van der Waals surface area contributed by atoms with Crippen LogP contribution in [-0.4, -0.2) is 18.5 Å². The second kappa shape index (κ2) is 5.47. The number of benzene rings is 1. The molecule has 1 aromatic carbocycles. The maximum Gasteiger partial charge on any atom is 0.251 e. The first-order valence-electron chi connectivity index (χ1n) is 6.81. The third-order valence-electron chi connectivity index (χ3n) is 4.02. The molecule has 1 amide bonds. The van der Waals surface area contributed by atoms with E-state index in [0.717, 1.165) is 5.69 Å². The fraction of sp³-hybridized carbons (Fsp3) is 0.438. The number of carbonyl (C=O) groups excluding carboxylic acids is 1. The lowest BCUT2D eigenvalue weighted by Crippen LogP contribution is -2.25. The van der Waals surface area contributed by atoms with Crippen LogP contribution < -0.4 is 10.6 Å². The maximum absolute atomic E-state index is 11.7. The molecule has 0 bridgehead atoms. The second-order valence-electron chi connectivity index (χ2n) is 5.60. The van der Waals surface area contributed by atoms with Crippen molar-refractivity contribution in [2.24, 2.45) is 5.41 Å². The van der Waals surface area contributed by atoms with Gasteiger partial charge in [-0.15, -0.1) is 6.58 Å². The summed E-state index contributed by atoms with van der Waals surface area (Å²) in [4.78, 5) is 11.7. The summed E-state index contributed by atoms with van der Waals surface area (Å²) < 4.78 is 0. The summed E-state index contributed by atoms with van der Waals surface area (Å²) in [6.07, 6.45) is 4.26. The Labute approximate surface area is 115 Å². The zero-order chi connectivity index (χ0) is 13.9. The highest BCUT2D eigenvalue weighted by molar-refractivity contribution is 5.94. The van der Waals surface area contributed by atoms with Gasteiger partial charge in [-0.2, -0.15) is 0 Å². The van der Waals surface area contributed by atoms with E-state index >= 15 is 0 Å². The van der Waals surface area contributed by atoms with E-state index in [4.69, 9.17) is 0 Å². The average molecular weight is 258 g/mol. The summed E-state index contributed by atoms with van der Waals surface area (Å²) in [7, 11) is 0. The summed E-state index contributed by atoms with van der Waals surface area (Å²) in [5.74, 6) is -0.0614. The predicted molar refractivity (Wildman–Crippen MR) is 79.4 cm³/mol. The summed E-state index contributed by atoms with van der Waals surface area (Å²) in [5, 5.41) is 6.27. The average Bonchev–Trinajstić information content (AvgIpc) is 3.16. The van der Waals surface area contributed by atoms with Crippen LogP contribution in [0.25, 0.3) is 0 Å². The van der Waals surface area contributed by atoms with Gasteiger partial charge < -0.3 is 10.6 Å². The lowest BCUT2D eigenvalue weighted by molar-refractivity contribution is 0.0958. The molecule has 1 fully saturated rings. The number of rotatable bonds is 6. The van der Waals surface area contributed by atoms with Crippen molar-refractivity contribution in [2.75, 3.05) is 11.9 Å². The van der Waals surface area contributed by atoms with Crippen LogP contribution in [-0.2, 0) is 0 Å². The molecule has 0 aromatic heterocycles. The molecule has 0 heterocycles. The van der Waals surface area contributed by atoms with Gasteiger partial charge in [0.2, 0.25) is 0 Å². The zero-order valence-corrected chi connectivity index (χ0v) is 11.7. The van der Waals surface area contributed by atoms with Gasteiger partial charge in [0, 0.05) is 23.8 Å². The van der Waals surface area contributed by atoms with Gasteiger partial charge in [0.1, 0.15) is 0 Å². The van der Waals surface area contributed by atoms with E-state index in [9.17, 15) is 4.79 Å². The van der Waals surface area contributed by atoms with Crippen molar-refractivity contribution in [1.82, 2.24) is 5.32 Å². The van der Waals surface area contributed by atoms with Gasteiger partial charge in [-0.3, -0.25) is 4.79 Å². The standard InChI is InChI=1S/C16H22N2O/c1-4-11-17-15(19)13-5-7-14(8-6-13)18-12(2)16(3)9-10-16/h4-8,12,18H,1,9-11H2,2-3H3,(H,17,19). The normalized spacial score (nSPS) is 17.4. The minimum absolute atomic E-state index is 0.0614. The topological polar surface area (TPSA) is 41.1 Å². The van der Waals surface area contributed by atoms with Crippen molar-refractivity contribution in [2.45, 2.75) is 32.7 Å². The molecular weight excluding hydrogens is 236 g/mol. The molecule has 1 aliphatic carbocycles. The Bertz CT molecular complexity index is 460. The fourth-order valence-electron chi connectivity index (χ4n) is 2.04. The van der Waals surface area contributed by atoms with Crippen LogP contribution in [0.4, 0.5) is 5.69 Å². The number of anilines is 1. The van der Waals surface area contributed by atoms with Crippen LogP contribution >= 0.6 is 0 Å². The van der Waals surface area contributed by atoms with Crippen molar-refractivity contribution < 1.29 is 4.79 Å². The molecule has 19 heavy (non-hydrogen) atoms. The van der Waals surface area contributed by atoms with E-state index in [0.29, 0.717) is 23.6 Å². The lowest BCUT2D eigenvalue weighted by Gasteiger charge is -2.21. The molecule has 1 atom stereocenters. The van der Waals surface area contributed by atoms with Crippen LogP contribution in [0.5, 0.6) is 0 Å². The van der Waals surface area contributed by atoms with Crippen molar-refractivity contribution in [1.29, 1.82) is 0 Å². The van der Waals surface area contributed by atoms with Crippen molar-refractivity contribution in [3.8, 4) is 0 Å². The van der Waals surface area contributed by atoms with E-state index in [2.05, 4.69) is 31.1 Å². The number of nitrogens with one attached hydrogen (secondary N) is 2. The Morgan fingerprint density at radius 2 is 2.05 bits per heavy atom. The highest BCUT2D eigenvalue weighted by atomic mass is 16.1. The van der Waals surface area contributed by atoms with Crippen LogP contribution in [0, 0.1) is 5.41 Å². The summed E-state index contributed by atoms with van der Waals surface area (Å²) in [5.41, 5.74) is 2.19. The van der Waals surface area contributed by atoms with Gasteiger partial charge in [0.15, 0.2) is 0 Å². The van der Waals surface area contributed by atoms with Crippen LogP contribution in [0.2, 0.25) is 0 Å². The van der Waals surface area contributed by atoms with Crippen LogP contribution in [0.15, 0.2) is 36.9 Å². The van der Waals surface area contributed by atoms with E-state index in [1.165, 1.54) is 12.8 Å². The number of hydrogen-bond acceptors (Lipinski definition) is 2. The van der Waals surface area contributed by atoms with Gasteiger partial charge in [0.25, 0.3) is 5.91 Å². The van der Waals surface area contributed by atoms with Gasteiger partial charge >= 0.3 is 0 Å². The van der Waals surface area contributed by atoms with Gasteiger partial charge in [-0.1, -0.05) is 13.0 Å². The van der Waals surface area contributed by atoms with E-state index in [-0.39, 0.29) is 5.91 Å². The third-order valence-corrected chi connectivity index (χ3v) is 4.02. The largest absolute Gasteiger partial charge is 0.382 e. The zero-order valence-electron chi connectivity index (χ0n) is 11.7. The summed E-state index contributed by atoms with van der Waals surface area (Å²) in [6, 6.07) is 8.09. The van der Waals surface area contributed by atoms with Crippen molar-refractivity contribution in [3.63, 3.8) is 0 Å². The second-order valence-corrected chi connectivity index (χ2v) is 5.60. The van der Waals surface area contributed by atoms with Crippen molar-refractivity contribution >= 4 is 11.6 Å². The Morgan fingerprint density at radius 1 is 1.42 bits per heavy atom. The smallest absolute Gasteiger partial charge is 0.251 e. The third kappa shape index (κ3) is 3.37. The molecule has 1 aromatic rings. The summed E-state index contributed by atoms with van der Waals surface area (Å²) >= 11 is 0. The number of amides is 1. The highest BCUT2D eigenvalue weighted by Gasteiger charge is 2.42. The molecule has 102 valence electrons. The number of hydrogen-bond donors (Lipinski definition) is 2. The summed E-state index contributed by atoms with van der Waals surface area (Å²) in [6.45, 7) is 8.60. The first-order chi connectivity index (χ1) is 9.05. The molecule has 2 N–H and O–H groups in total. The highest BCUT2D eigenvalue weighted by Crippen LogP contribution is 2.48. The van der Waals surface area contributed by atoms with Crippen molar-refractivity contribution in [3.05, 3.63) is 42.5 Å². The Balaban J connectivity index is 1.94. The molecule has 0 aliphatic heterocycles. The van der Waals surface area contributed by atoms with Crippen LogP contribution in [0.1, 0.15) is 37.0 Å². The van der Waals surface area contributed by atoms with E-state index < -0.39 is 0 Å². The minimum Gasteiger partial charge on any atom is -0.382 e. The molecule has 0 spiro atoms. The fourth-order valence-corrected chi connectivity index (χ4v) is 2.04. The van der Waals surface area contributed by atoms with Gasteiger partial charge in [0.05, 0.1) is 0 Å². The quantitative estimate of drug-likeness (QED) is 0.769.